The van der Waals surface area contributed by atoms with Crippen molar-refractivity contribution in [1.29, 1.82) is 0 Å². The average molecular weight is 269 g/mol. The molecule has 0 radical (unpaired) electrons. The highest BCUT2D eigenvalue weighted by molar-refractivity contribution is 6.30. The second-order valence-corrected chi connectivity index (χ2v) is 5.33. The van der Waals surface area contributed by atoms with E-state index in [0.717, 1.165) is 26.1 Å². The summed E-state index contributed by atoms with van der Waals surface area (Å²) in [5.74, 6) is -0.244. The van der Waals surface area contributed by atoms with Crippen LogP contribution in [0.5, 0.6) is 0 Å². The van der Waals surface area contributed by atoms with Crippen molar-refractivity contribution in [3.05, 3.63) is 34.6 Å². The van der Waals surface area contributed by atoms with E-state index in [0.29, 0.717) is 10.9 Å². The van der Waals surface area contributed by atoms with E-state index in [-0.39, 0.29) is 17.5 Å². The highest BCUT2D eigenvalue weighted by Crippen LogP contribution is 2.29. The molecule has 1 aromatic carbocycles. The number of hydrogen-bond acceptors (Lipinski definition) is 2. The topological polar surface area (TPSA) is 32.3 Å². The van der Waals surface area contributed by atoms with E-state index in [1.165, 1.54) is 12.1 Å². The molecule has 2 saturated heterocycles. The van der Waals surface area contributed by atoms with Gasteiger partial charge in [-0.1, -0.05) is 11.6 Å². The molecular formula is C13H14ClFN2O. The lowest BCUT2D eigenvalue weighted by Gasteiger charge is -2.23. The molecule has 1 N–H and O–H groups in total. The maximum atomic E-state index is 13.8. The van der Waals surface area contributed by atoms with Gasteiger partial charge in [-0.05, 0) is 30.5 Å². The molecule has 1 amide bonds. The normalized spacial score (nSPS) is 26.4. The van der Waals surface area contributed by atoms with Crippen molar-refractivity contribution in [3.63, 3.8) is 0 Å². The number of rotatable bonds is 1. The lowest BCUT2D eigenvalue weighted by molar-refractivity contribution is 0.0732. The van der Waals surface area contributed by atoms with Crippen LogP contribution in [0.2, 0.25) is 5.02 Å². The number of carbonyl (C=O) groups excluding carboxylic acids is 1. The molecule has 0 saturated carbocycles. The van der Waals surface area contributed by atoms with Crippen LogP contribution >= 0.6 is 11.6 Å². The minimum absolute atomic E-state index is 0.118. The summed E-state index contributed by atoms with van der Waals surface area (Å²) < 4.78 is 13.8. The standard InChI is InChI=1S/C13H14ClFN2O/c14-9-1-2-10(11(15)5-9)13(18)17-4-3-8-6-16-7-12(8)17/h1-2,5,8,12,16H,3-4,6-7H2/t8-,12+/m0/s1. The summed E-state index contributed by atoms with van der Waals surface area (Å²) in [7, 11) is 0. The summed E-state index contributed by atoms with van der Waals surface area (Å²) in [5, 5.41) is 3.59. The van der Waals surface area contributed by atoms with E-state index in [1.807, 2.05) is 0 Å². The Morgan fingerprint density at radius 2 is 2.28 bits per heavy atom. The molecule has 18 heavy (non-hydrogen) atoms. The maximum Gasteiger partial charge on any atom is 0.257 e. The van der Waals surface area contributed by atoms with Crippen molar-refractivity contribution in [3.8, 4) is 0 Å². The van der Waals surface area contributed by atoms with Gasteiger partial charge in [-0.2, -0.15) is 0 Å². The summed E-state index contributed by atoms with van der Waals surface area (Å²) in [6.07, 6.45) is 0.999. The number of fused-ring (bicyclic) bond motifs is 1. The number of nitrogens with one attached hydrogen (secondary N) is 1. The van der Waals surface area contributed by atoms with Crippen LogP contribution in [-0.4, -0.2) is 36.5 Å². The highest BCUT2D eigenvalue weighted by Gasteiger charge is 2.40. The Hall–Kier alpha value is -1.13. The minimum atomic E-state index is -0.540. The van der Waals surface area contributed by atoms with Crippen molar-refractivity contribution in [2.24, 2.45) is 5.92 Å². The van der Waals surface area contributed by atoms with E-state index in [2.05, 4.69) is 5.32 Å². The number of benzene rings is 1. The Morgan fingerprint density at radius 3 is 3.06 bits per heavy atom. The Bertz CT molecular complexity index is 494. The first-order chi connectivity index (χ1) is 8.66. The van der Waals surface area contributed by atoms with Crippen LogP contribution in [0.15, 0.2) is 18.2 Å². The van der Waals surface area contributed by atoms with Gasteiger partial charge in [0.25, 0.3) is 5.91 Å². The van der Waals surface area contributed by atoms with Gasteiger partial charge < -0.3 is 10.2 Å². The van der Waals surface area contributed by atoms with Crippen molar-refractivity contribution in [1.82, 2.24) is 10.2 Å². The minimum Gasteiger partial charge on any atom is -0.334 e. The van der Waals surface area contributed by atoms with Crippen LogP contribution in [0, 0.1) is 11.7 Å². The Morgan fingerprint density at radius 1 is 1.44 bits per heavy atom. The molecule has 2 atom stereocenters. The molecule has 96 valence electrons. The third-order valence-electron chi connectivity index (χ3n) is 3.87. The molecule has 0 unspecified atom stereocenters. The van der Waals surface area contributed by atoms with Crippen LogP contribution in [0.3, 0.4) is 0 Å². The molecule has 0 aliphatic carbocycles. The van der Waals surface area contributed by atoms with Gasteiger partial charge in [0.15, 0.2) is 0 Å². The number of hydrogen-bond donors (Lipinski definition) is 1. The molecule has 0 bridgehead atoms. The first-order valence-corrected chi connectivity index (χ1v) is 6.51. The number of amides is 1. The van der Waals surface area contributed by atoms with Gasteiger partial charge in [-0.15, -0.1) is 0 Å². The smallest absolute Gasteiger partial charge is 0.257 e. The molecule has 2 aliphatic rings. The predicted molar refractivity (Wildman–Crippen MR) is 67.2 cm³/mol. The fourth-order valence-corrected chi connectivity index (χ4v) is 3.08. The summed E-state index contributed by atoms with van der Waals surface area (Å²) in [5.41, 5.74) is 0.118. The van der Waals surface area contributed by atoms with E-state index >= 15 is 0 Å². The van der Waals surface area contributed by atoms with Gasteiger partial charge in [0.2, 0.25) is 0 Å². The third-order valence-corrected chi connectivity index (χ3v) is 4.10. The number of likely N-dealkylation sites (tertiary alicyclic amines) is 1. The second-order valence-electron chi connectivity index (χ2n) is 4.90. The fourth-order valence-electron chi connectivity index (χ4n) is 2.92. The van der Waals surface area contributed by atoms with Crippen LogP contribution in [0.4, 0.5) is 4.39 Å². The van der Waals surface area contributed by atoms with Crippen molar-refractivity contribution < 1.29 is 9.18 Å². The molecule has 2 aliphatic heterocycles. The van der Waals surface area contributed by atoms with Crippen LogP contribution in [0.1, 0.15) is 16.8 Å². The van der Waals surface area contributed by atoms with Crippen molar-refractivity contribution in [2.75, 3.05) is 19.6 Å². The SMILES string of the molecule is O=C(c1ccc(Cl)cc1F)N1CC[C@H]2CNC[C@H]21. The molecule has 2 heterocycles. The quantitative estimate of drug-likeness (QED) is 0.844. The molecule has 2 fully saturated rings. The van der Waals surface area contributed by atoms with E-state index in [9.17, 15) is 9.18 Å². The molecule has 0 aromatic heterocycles. The molecular weight excluding hydrogens is 255 g/mol. The number of carbonyl (C=O) groups is 1. The van der Waals surface area contributed by atoms with Crippen LogP contribution in [0.25, 0.3) is 0 Å². The maximum absolute atomic E-state index is 13.8. The lowest BCUT2D eigenvalue weighted by atomic mass is 10.0. The Balaban J connectivity index is 1.86. The Kier molecular flexibility index (Phi) is 2.99. The summed E-state index contributed by atoms with van der Waals surface area (Å²) in [6.45, 7) is 2.49. The van der Waals surface area contributed by atoms with Gasteiger partial charge in [0.1, 0.15) is 5.82 Å². The summed E-state index contributed by atoms with van der Waals surface area (Å²) in [4.78, 5) is 14.1. The predicted octanol–water partition coefficient (Wildman–Crippen LogP) is 1.91. The summed E-state index contributed by atoms with van der Waals surface area (Å²) in [6, 6.07) is 4.43. The van der Waals surface area contributed by atoms with E-state index in [1.54, 1.807) is 11.0 Å². The Labute approximate surface area is 110 Å². The summed E-state index contributed by atoms with van der Waals surface area (Å²) >= 11 is 5.70. The van der Waals surface area contributed by atoms with Crippen molar-refractivity contribution in [2.45, 2.75) is 12.5 Å². The van der Waals surface area contributed by atoms with Crippen LogP contribution in [-0.2, 0) is 0 Å². The molecule has 1 aromatic rings. The second kappa shape index (κ2) is 4.52. The number of halogens is 2. The molecule has 3 nitrogen and oxygen atoms in total. The van der Waals surface area contributed by atoms with E-state index < -0.39 is 5.82 Å². The largest absolute Gasteiger partial charge is 0.334 e. The molecule has 3 rings (SSSR count). The third kappa shape index (κ3) is 1.89. The lowest BCUT2D eigenvalue weighted by Crippen LogP contribution is -2.39. The van der Waals surface area contributed by atoms with Gasteiger partial charge in [-0.25, -0.2) is 4.39 Å². The molecule has 5 heteroatoms. The molecule has 0 spiro atoms. The zero-order chi connectivity index (χ0) is 12.7. The van der Waals surface area contributed by atoms with Gasteiger partial charge in [-0.3, -0.25) is 4.79 Å². The first-order valence-electron chi connectivity index (χ1n) is 6.13. The van der Waals surface area contributed by atoms with E-state index in [4.69, 9.17) is 11.6 Å². The fraction of sp³-hybridized carbons (Fsp3) is 0.462. The van der Waals surface area contributed by atoms with Crippen molar-refractivity contribution >= 4 is 17.5 Å². The van der Waals surface area contributed by atoms with Gasteiger partial charge in [0.05, 0.1) is 5.56 Å². The first kappa shape index (κ1) is 11.9. The number of nitrogens with zero attached hydrogens (tertiary/aromatic N) is 1. The van der Waals surface area contributed by atoms with Gasteiger partial charge >= 0.3 is 0 Å². The highest BCUT2D eigenvalue weighted by atomic mass is 35.5. The van der Waals surface area contributed by atoms with Crippen LogP contribution < -0.4 is 5.32 Å². The zero-order valence-electron chi connectivity index (χ0n) is 9.83. The monoisotopic (exact) mass is 268 g/mol. The van der Waals surface area contributed by atoms with Gasteiger partial charge in [0, 0.05) is 30.7 Å². The average Bonchev–Trinajstić information content (AvgIpc) is 2.89. The zero-order valence-corrected chi connectivity index (χ0v) is 10.6.